The number of para-hydroxylation sites is 1. The second kappa shape index (κ2) is 5.64. The molecule has 0 bridgehead atoms. The van der Waals surface area contributed by atoms with Crippen LogP contribution in [0.25, 0.3) is 0 Å². The van der Waals surface area contributed by atoms with E-state index in [2.05, 4.69) is 4.37 Å². The topological polar surface area (TPSA) is 59.4 Å². The molecule has 0 aliphatic heterocycles. The molecule has 0 aliphatic rings. The zero-order chi connectivity index (χ0) is 13.0. The zero-order valence-electron chi connectivity index (χ0n) is 9.92. The van der Waals surface area contributed by atoms with E-state index in [9.17, 15) is 4.79 Å². The fourth-order valence-electron chi connectivity index (χ4n) is 1.51. The van der Waals surface area contributed by atoms with Crippen LogP contribution in [0.2, 0.25) is 0 Å². The number of carbonyl (C=O) groups is 1. The maximum absolute atomic E-state index is 10.7. The average Bonchev–Trinajstić information content (AvgIpc) is 2.80. The molecule has 0 atom stereocenters. The van der Waals surface area contributed by atoms with E-state index in [0.717, 1.165) is 16.2 Å². The van der Waals surface area contributed by atoms with Gasteiger partial charge in [0.15, 0.2) is 5.69 Å². The molecule has 0 fully saturated rings. The lowest BCUT2D eigenvalue weighted by molar-refractivity contribution is 0.0692. The van der Waals surface area contributed by atoms with Crippen molar-refractivity contribution in [2.24, 2.45) is 0 Å². The maximum atomic E-state index is 10.7. The molecule has 0 unspecified atom stereocenters. The minimum Gasteiger partial charge on any atom is -0.493 e. The van der Waals surface area contributed by atoms with Crippen molar-refractivity contribution in [1.82, 2.24) is 4.37 Å². The summed E-state index contributed by atoms with van der Waals surface area (Å²) in [6.45, 7) is 2.51. The van der Waals surface area contributed by atoms with Crippen molar-refractivity contribution >= 4 is 17.5 Å². The minimum absolute atomic E-state index is 0.103. The Balaban J connectivity index is 1.88. The molecule has 0 spiro atoms. The molecule has 2 aromatic rings. The second-order valence-corrected chi connectivity index (χ2v) is 4.74. The van der Waals surface area contributed by atoms with Crippen LogP contribution in [-0.4, -0.2) is 22.1 Å². The van der Waals surface area contributed by atoms with Gasteiger partial charge in [0.25, 0.3) is 0 Å². The van der Waals surface area contributed by atoms with Gasteiger partial charge in [-0.2, -0.15) is 4.37 Å². The van der Waals surface area contributed by atoms with E-state index >= 15 is 0 Å². The summed E-state index contributed by atoms with van der Waals surface area (Å²) in [5.41, 5.74) is 1.19. The fourth-order valence-corrected chi connectivity index (χ4v) is 2.20. The maximum Gasteiger partial charge on any atom is 0.355 e. The van der Waals surface area contributed by atoms with Crippen LogP contribution in [0, 0.1) is 6.92 Å². The Bertz CT molecular complexity index is 551. The predicted octanol–water partition coefficient (Wildman–Crippen LogP) is 2.77. The number of hydrogen-bond donors (Lipinski definition) is 1. The molecule has 2 rings (SSSR count). The lowest BCUT2D eigenvalue weighted by atomic mass is 10.2. The molecule has 94 valence electrons. The molecule has 0 saturated carbocycles. The van der Waals surface area contributed by atoms with E-state index in [4.69, 9.17) is 9.84 Å². The Labute approximate surface area is 109 Å². The van der Waals surface area contributed by atoms with Gasteiger partial charge in [-0.3, -0.25) is 0 Å². The molecular formula is C13H13NO3S. The van der Waals surface area contributed by atoms with E-state index in [1.807, 2.05) is 31.2 Å². The van der Waals surface area contributed by atoms with Crippen LogP contribution in [0.3, 0.4) is 0 Å². The highest BCUT2D eigenvalue weighted by molar-refractivity contribution is 7.05. The molecule has 5 heteroatoms. The SMILES string of the molecule is Cc1ccccc1OCCc1cc(C(=O)O)ns1. The first-order valence-electron chi connectivity index (χ1n) is 5.54. The van der Waals surface area contributed by atoms with Gasteiger partial charge in [0.05, 0.1) is 6.61 Å². The average molecular weight is 263 g/mol. The normalized spacial score (nSPS) is 10.3. The summed E-state index contributed by atoms with van der Waals surface area (Å²) in [7, 11) is 0. The molecule has 1 heterocycles. The lowest BCUT2D eigenvalue weighted by Crippen LogP contribution is -2.01. The van der Waals surface area contributed by atoms with Crippen LogP contribution in [0.5, 0.6) is 5.75 Å². The molecule has 18 heavy (non-hydrogen) atoms. The lowest BCUT2D eigenvalue weighted by Gasteiger charge is -2.07. The van der Waals surface area contributed by atoms with E-state index in [-0.39, 0.29) is 5.69 Å². The van der Waals surface area contributed by atoms with Gasteiger partial charge in [0.1, 0.15) is 5.75 Å². The highest BCUT2D eigenvalue weighted by atomic mass is 32.1. The third-order valence-electron chi connectivity index (χ3n) is 2.48. The van der Waals surface area contributed by atoms with Crippen molar-refractivity contribution in [2.75, 3.05) is 6.61 Å². The third-order valence-corrected chi connectivity index (χ3v) is 3.32. The first-order valence-corrected chi connectivity index (χ1v) is 6.31. The highest BCUT2D eigenvalue weighted by Gasteiger charge is 2.08. The number of carboxylic acid groups (broad SMARTS) is 1. The number of ether oxygens (including phenoxy) is 1. The highest BCUT2D eigenvalue weighted by Crippen LogP contribution is 2.17. The summed E-state index contributed by atoms with van der Waals surface area (Å²) >= 11 is 1.21. The first-order chi connectivity index (χ1) is 8.66. The van der Waals surface area contributed by atoms with E-state index in [0.29, 0.717) is 13.0 Å². The smallest absolute Gasteiger partial charge is 0.355 e. The monoisotopic (exact) mass is 263 g/mol. The number of aryl methyl sites for hydroxylation is 1. The van der Waals surface area contributed by atoms with Crippen LogP contribution < -0.4 is 4.74 Å². The van der Waals surface area contributed by atoms with Crippen LogP contribution in [0.1, 0.15) is 20.9 Å². The third kappa shape index (κ3) is 3.07. The summed E-state index contributed by atoms with van der Waals surface area (Å²) in [4.78, 5) is 11.6. The Morgan fingerprint density at radius 3 is 2.89 bits per heavy atom. The van der Waals surface area contributed by atoms with Crippen molar-refractivity contribution in [3.8, 4) is 5.75 Å². The van der Waals surface area contributed by atoms with Gasteiger partial charge in [-0.05, 0) is 36.2 Å². The number of rotatable bonds is 5. The molecular weight excluding hydrogens is 250 g/mol. The molecule has 1 aromatic heterocycles. The van der Waals surface area contributed by atoms with E-state index in [1.165, 1.54) is 11.5 Å². The Hall–Kier alpha value is -1.88. The van der Waals surface area contributed by atoms with Gasteiger partial charge in [0, 0.05) is 11.3 Å². The predicted molar refractivity (Wildman–Crippen MR) is 69.5 cm³/mol. The molecule has 1 N–H and O–H groups in total. The van der Waals surface area contributed by atoms with Crippen molar-refractivity contribution in [3.63, 3.8) is 0 Å². The van der Waals surface area contributed by atoms with Crippen molar-refractivity contribution in [3.05, 3.63) is 46.5 Å². The number of aromatic nitrogens is 1. The van der Waals surface area contributed by atoms with Crippen molar-refractivity contribution < 1.29 is 14.6 Å². The molecule has 0 radical (unpaired) electrons. The van der Waals surface area contributed by atoms with Crippen LogP contribution in [0.4, 0.5) is 0 Å². The summed E-state index contributed by atoms with van der Waals surface area (Å²) in [6.07, 6.45) is 0.666. The minimum atomic E-state index is -0.989. The molecule has 1 aromatic carbocycles. The largest absolute Gasteiger partial charge is 0.493 e. The van der Waals surface area contributed by atoms with E-state index < -0.39 is 5.97 Å². The number of hydrogen-bond acceptors (Lipinski definition) is 4. The first kappa shape index (κ1) is 12.6. The zero-order valence-corrected chi connectivity index (χ0v) is 10.7. The van der Waals surface area contributed by atoms with Gasteiger partial charge in [-0.25, -0.2) is 4.79 Å². The van der Waals surface area contributed by atoms with Gasteiger partial charge in [0.2, 0.25) is 0 Å². The Morgan fingerprint density at radius 1 is 1.44 bits per heavy atom. The number of aromatic carboxylic acids is 1. The fraction of sp³-hybridized carbons (Fsp3) is 0.231. The standard InChI is InChI=1S/C13H13NO3S/c1-9-4-2-3-5-12(9)17-7-6-10-8-11(13(15)16)14-18-10/h2-5,8H,6-7H2,1H3,(H,15,16). The quantitative estimate of drug-likeness (QED) is 0.901. The van der Waals surface area contributed by atoms with Crippen molar-refractivity contribution in [1.29, 1.82) is 0 Å². The van der Waals surface area contributed by atoms with Crippen molar-refractivity contribution in [2.45, 2.75) is 13.3 Å². The molecule has 4 nitrogen and oxygen atoms in total. The van der Waals surface area contributed by atoms with Gasteiger partial charge < -0.3 is 9.84 Å². The Kier molecular flexibility index (Phi) is 3.94. The molecule has 0 aliphatic carbocycles. The second-order valence-electron chi connectivity index (χ2n) is 3.85. The number of benzene rings is 1. The number of carboxylic acids is 1. The molecule has 0 saturated heterocycles. The van der Waals surface area contributed by atoms with Crippen LogP contribution >= 0.6 is 11.5 Å². The summed E-state index contributed by atoms with van der Waals surface area (Å²) in [6, 6.07) is 9.39. The Morgan fingerprint density at radius 2 is 2.22 bits per heavy atom. The van der Waals surface area contributed by atoms with E-state index in [1.54, 1.807) is 6.07 Å². The summed E-state index contributed by atoms with van der Waals surface area (Å²) in [5.74, 6) is -0.127. The van der Waals surface area contributed by atoms with Gasteiger partial charge >= 0.3 is 5.97 Å². The van der Waals surface area contributed by atoms with Crippen LogP contribution in [0.15, 0.2) is 30.3 Å². The van der Waals surface area contributed by atoms with Gasteiger partial charge in [-0.15, -0.1) is 0 Å². The van der Waals surface area contributed by atoms with Crippen LogP contribution in [-0.2, 0) is 6.42 Å². The number of nitrogens with zero attached hydrogens (tertiary/aromatic N) is 1. The summed E-state index contributed by atoms with van der Waals surface area (Å²) in [5, 5.41) is 8.75. The molecule has 0 amide bonds. The summed E-state index contributed by atoms with van der Waals surface area (Å²) < 4.78 is 9.49. The van der Waals surface area contributed by atoms with Gasteiger partial charge in [-0.1, -0.05) is 18.2 Å².